The van der Waals surface area contributed by atoms with Gasteiger partial charge in [-0.05, 0) is 74.7 Å². The zero-order valence-electron chi connectivity index (χ0n) is 18.9. The van der Waals surface area contributed by atoms with Crippen LogP contribution >= 0.6 is 11.6 Å². The Morgan fingerprint density at radius 2 is 1.97 bits per heavy atom. The molecule has 0 heterocycles. The van der Waals surface area contributed by atoms with Crippen LogP contribution in [-0.2, 0) is 22.4 Å². The second kappa shape index (κ2) is 10.7. The smallest absolute Gasteiger partial charge is 0.228 e. The van der Waals surface area contributed by atoms with Crippen LogP contribution in [0.5, 0.6) is 5.75 Å². The summed E-state index contributed by atoms with van der Waals surface area (Å²) in [7, 11) is 0. The fourth-order valence-corrected chi connectivity index (χ4v) is 3.87. The molecule has 2 aromatic carbocycles. The lowest BCUT2D eigenvalue weighted by atomic mass is 9.96. The maximum absolute atomic E-state index is 12.4. The standard InChI is InChI=1S/C26H31ClN2O3/c1-4-31-22-10-5-18(6-11-22)15-25(30)29-21-8-12-23(13-9-21)32-26(2,3)17-19-16-20(27)7-14-24(19)28/h5-12,14,16,23H,4,13,15,17,28H2,1-3H3,(H,29,30). The zero-order valence-corrected chi connectivity index (χ0v) is 19.6. The van der Waals surface area contributed by atoms with Gasteiger partial charge in [0.15, 0.2) is 0 Å². The third-order valence-corrected chi connectivity index (χ3v) is 5.37. The predicted octanol–water partition coefficient (Wildman–Crippen LogP) is 5.23. The lowest BCUT2D eigenvalue weighted by molar-refractivity contribution is -0.119. The van der Waals surface area contributed by atoms with Crippen LogP contribution in [0.25, 0.3) is 0 Å². The van der Waals surface area contributed by atoms with Gasteiger partial charge in [0.2, 0.25) is 5.91 Å². The van der Waals surface area contributed by atoms with Gasteiger partial charge in [-0.15, -0.1) is 0 Å². The van der Waals surface area contributed by atoms with E-state index in [0.29, 0.717) is 36.6 Å². The molecule has 32 heavy (non-hydrogen) atoms. The van der Waals surface area contributed by atoms with Crippen LogP contribution < -0.4 is 15.8 Å². The normalized spacial score (nSPS) is 15.9. The second-order valence-corrected chi connectivity index (χ2v) is 8.93. The van der Waals surface area contributed by atoms with Gasteiger partial charge in [-0.2, -0.15) is 0 Å². The number of benzene rings is 2. The molecule has 3 rings (SSSR count). The van der Waals surface area contributed by atoms with Crippen LogP contribution in [0, 0.1) is 0 Å². The van der Waals surface area contributed by atoms with Crippen molar-refractivity contribution in [1.82, 2.24) is 5.32 Å². The SMILES string of the molecule is CCOc1ccc(CC(=O)NC2=CCC(OC(C)(C)Cc3cc(Cl)ccc3N)C=C2)cc1. The molecule has 0 aliphatic heterocycles. The van der Waals surface area contributed by atoms with E-state index in [-0.39, 0.29) is 12.0 Å². The summed E-state index contributed by atoms with van der Waals surface area (Å²) in [5.74, 6) is 0.753. The fourth-order valence-electron chi connectivity index (χ4n) is 3.68. The number of anilines is 1. The van der Waals surface area contributed by atoms with Crippen LogP contribution in [0.2, 0.25) is 5.02 Å². The van der Waals surface area contributed by atoms with Crippen molar-refractivity contribution in [2.45, 2.75) is 51.7 Å². The van der Waals surface area contributed by atoms with Crippen molar-refractivity contribution in [3.8, 4) is 5.75 Å². The van der Waals surface area contributed by atoms with E-state index in [1.54, 1.807) is 6.07 Å². The number of rotatable bonds is 9. The number of carbonyl (C=O) groups is 1. The molecular weight excluding hydrogens is 424 g/mol. The van der Waals surface area contributed by atoms with Crippen LogP contribution in [0.4, 0.5) is 5.69 Å². The molecule has 1 atom stereocenters. The first-order valence-electron chi connectivity index (χ1n) is 10.9. The van der Waals surface area contributed by atoms with Gasteiger partial charge in [0, 0.05) is 22.8 Å². The average Bonchev–Trinajstić information content (AvgIpc) is 2.73. The lowest BCUT2D eigenvalue weighted by Crippen LogP contribution is -2.33. The van der Waals surface area contributed by atoms with Crippen LogP contribution in [-0.4, -0.2) is 24.2 Å². The van der Waals surface area contributed by atoms with Crippen LogP contribution in [0.15, 0.2) is 66.4 Å². The summed E-state index contributed by atoms with van der Waals surface area (Å²) < 4.78 is 11.7. The lowest BCUT2D eigenvalue weighted by Gasteiger charge is -2.31. The molecule has 0 aromatic heterocycles. The Balaban J connectivity index is 1.49. The van der Waals surface area contributed by atoms with E-state index < -0.39 is 5.60 Å². The van der Waals surface area contributed by atoms with Crippen molar-refractivity contribution in [3.63, 3.8) is 0 Å². The van der Waals surface area contributed by atoms with Gasteiger partial charge in [-0.1, -0.05) is 35.9 Å². The molecule has 1 aliphatic rings. The van der Waals surface area contributed by atoms with E-state index in [1.165, 1.54) is 0 Å². The van der Waals surface area contributed by atoms with E-state index in [4.69, 9.17) is 26.8 Å². The van der Waals surface area contributed by atoms with Crippen LogP contribution in [0.3, 0.4) is 0 Å². The van der Waals surface area contributed by atoms with E-state index in [2.05, 4.69) is 5.32 Å². The first kappa shape index (κ1) is 23.9. The predicted molar refractivity (Wildman–Crippen MR) is 130 cm³/mol. The van der Waals surface area contributed by atoms with E-state index >= 15 is 0 Å². The van der Waals surface area contributed by atoms with Gasteiger partial charge >= 0.3 is 0 Å². The molecule has 170 valence electrons. The minimum atomic E-state index is -0.421. The Bertz CT molecular complexity index is 997. The number of amides is 1. The van der Waals surface area contributed by atoms with E-state index in [0.717, 1.165) is 22.6 Å². The van der Waals surface area contributed by atoms with Gasteiger partial charge in [-0.25, -0.2) is 0 Å². The van der Waals surface area contributed by atoms with Crippen LogP contribution in [0.1, 0.15) is 38.3 Å². The molecule has 0 saturated carbocycles. The molecule has 0 bridgehead atoms. The number of nitrogens with one attached hydrogen (secondary N) is 1. The third-order valence-electron chi connectivity index (χ3n) is 5.13. The molecule has 3 N–H and O–H groups in total. The van der Waals surface area contributed by atoms with Crippen molar-refractivity contribution in [2.75, 3.05) is 12.3 Å². The van der Waals surface area contributed by atoms with Gasteiger partial charge in [0.25, 0.3) is 0 Å². The van der Waals surface area contributed by atoms with Crippen molar-refractivity contribution >= 4 is 23.2 Å². The minimum absolute atomic E-state index is 0.0545. The number of ether oxygens (including phenoxy) is 2. The summed E-state index contributed by atoms with van der Waals surface area (Å²) in [4.78, 5) is 12.4. The minimum Gasteiger partial charge on any atom is -0.494 e. The number of nitrogens with two attached hydrogens (primary N) is 1. The highest BCUT2D eigenvalue weighted by Crippen LogP contribution is 2.27. The molecule has 2 aromatic rings. The summed E-state index contributed by atoms with van der Waals surface area (Å²) in [5, 5.41) is 3.62. The Labute approximate surface area is 195 Å². The zero-order chi connectivity index (χ0) is 23.1. The van der Waals surface area contributed by atoms with E-state index in [9.17, 15) is 4.79 Å². The van der Waals surface area contributed by atoms with Crippen molar-refractivity contribution < 1.29 is 14.3 Å². The Kier molecular flexibility index (Phi) is 7.99. The highest BCUT2D eigenvalue weighted by molar-refractivity contribution is 6.30. The third kappa shape index (κ3) is 7.14. The molecular formula is C26H31ClN2O3. The maximum atomic E-state index is 12.4. The molecule has 1 aliphatic carbocycles. The summed E-state index contributed by atoms with van der Waals surface area (Å²) in [6.07, 6.45) is 7.44. The topological polar surface area (TPSA) is 73.6 Å². The van der Waals surface area contributed by atoms with Crippen molar-refractivity contribution in [3.05, 3.63) is 82.5 Å². The molecule has 5 nitrogen and oxygen atoms in total. The van der Waals surface area contributed by atoms with Crippen molar-refractivity contribution in [2.24, 2.45) is 0 Å². The number of halogens is 1. The van der Waals surface area contributed by atoms with Gasteiger partial charge in [0.05, 0.1) is 24.7 Å². The van der Waals surface area contributed by atoms with E-state index in [1.807, 2.05) is 75.4 Å². The number of allylic oxidation sites excluding steroid dienone is 1. The summed E-state index contributed by atoms with van der Waals surface area (Å²) >= 11 is 6.11. The molecule has 0 saturated heterocycles. The van der Waals surface area contributed by atoms with Gasteiger partial charge in [-0.3, -0.25) is 4.79 Å². The number of carbonyl (C=O) groups excluding carboxylic acids is 1. The summed E-state index contributed by atoms with van der Waals surface area (Å²) in [6.45, 7) is 6.65. The second-order valence-electron chi connectivity index (χ2n) is 8.49. The molecule has 0 fully saturated rings. The number of hydrogen-bond acceptors (Lipinski definition) is 4. The average molecular weight is 455 g/mol. The molecule has 0 radical (unpaired) electrons. The molecule has 1 unspecified atom stereocenters. The Hall–Kier alpha value is -2.76. The quantitative estimate of drug-likeness (QED) is 0.509. The monoisotopic (exact) mass is 454 g/mol. The molecule has 6 heteroatoms. The van der Waals surface area contributed by atoms with Crippen molar-refractivity contribution in [1.29, 1.82) is 0 Å². The number of nitrogen functional groups attached to an aromatic ring is 1. The molecule has 1 amide bonds. The fraction of sp³-hybridized carbons (Fsp3) is 0.346. The number of hydrogen-bond donors (Lipinski definition) is 2. The Morgan fingerprint density at radius 1 is 1.22 bits per heavy atom. The summed E-state index contributed by atoms with van der Waals surface area (Å²) in [6, 6.07) is 13.1. The highest BCUT2D eigenvalue weighted by Gasteiger charge is 2.25. The van der Waals surface area contributed by atoms with Gasteiger partial charge in [0.1, 0.15) is 5.75 Å². The Morgan fingerprint density at radius 3 is 2.62 bits per heavy atom. The molecule has 0 spiro atoms. The summed E-state index contributed by atoms with van der Waals surface area (Å²) in [5.41, 5.74) is 9.08. The first-order valence-corrected chi connectivity index (χ1v) is 11.2. The largest absolute Gasteiger partial charge is 0.494 e. The maximum Gasteiger partial charge on any atom is 0.228 e. The highest BCUT2D eigenvalue weighted by atomic mass is 35.5. The van der Waals surface area contributed by atoms with Gasteiger partial charge < -0.3 is 20.5 Å². The first-order chi connectivity index (χ1) is 15.2.